The molecular formula is C32H40N4O3S2. The lowest BCUT2D eigenvalue weighted by molar-refractivity contribution is -0.119. The number of hydrogen-bond acceptors (Lipinski definition) is 5. The van der Waals surface area contributed by atoms with Gasteiger partial charge in [-0.1, -0.05) is 93.3 Å². The van der Waals surface area contributed by atoms with Gasteiger partial charge >= 0.3 is 0 Å². The highest BCUT2D eigenvalue weighted by atomic mass is 32.2. The van der Waals surface area contributed by atoms with Crippen molar-refractivity contribution >= 4 is 38.9 Å². The van der Waals surface area contributed by atoms with Crippen LogP contribution in [0.5, 0.6) is 0 Å². The summed E-state index contributed by atoms with van der Waals surface area (Å²) in [6.07, 6.45) is 5.81. The van der Waals surface area contributed by atoms with Gasteiger partial charge in [-0.05, 0) is 54.0 Å². The number of thiocarbonyl (C=S) groups is 1. The summed E-state index contributed by atoms with van der Waals surface area (Å²) in [5.41, 5.74) is 3.01. The van der Waals surface area contributed by atoms with E-state index in [9.17, 15) is 13.2 Å². The average Bonchev–Trinajstić information content (AvgIpc) is 2.99. The monoisotopic (exact) mass is 592 g/mol. The fourth-order valence-electron chi connectivity index (χ4n) is 5.19. The zero-order chi connectivity index (χ0) is 29.1. The first kappa shape index (κ1) is 30.8. The number of hydrogen-bond donors (Lipinski definition) is 2. The molecule has 0 radical (unpaired) electrons. The maximum absolute atomic E-state index is 13.5. The summed E-state index contributed by atoms with van der Waals surface area (Å²) < 4.78 is 28.5. The lowest BCUT2D eigenvalue weighted by Gasteiger charge is -2.39. The van der Waals surface area contributed by atoms with Crippen LogP contribution >= 0.6 is 12.2 Å². The van der Waals surface area contributed by atoms with Crippen molar-refractivity contribution in [2.45, 2.75) is 56.4 Å². The predicted molar refractivity (Wildman–Crippen MR) is 169 cm³/mol. The Morgan fingerprint density at radius 2 is 1.37 bits per heavy atom. The van der Waals surface area contributed by atoms with E-state index in [2.05, 4.69) is 46.7 Å². The van der Waals surface area contributed by atoms with Crippen LogP contribution in [0.15, 0.2) is 89.8 Å². The minimum absolute atomic E-state index is 0.0676. The first-order valence-electron chi connectivity index (χ1n) is 14.4. The lowest BCUT2D eigenvalue weighted by Crippen LogP contribution is -2.49. The van der Waals surface area contributed by atoms with Crippen LogP contribution in [-0.2, 0) is 14.8 Å². The zero-order valence-corrected chi connectivity index (χ0v) is 25.3. The Morgan fingerprint density at radius 3 is 1.93 bits per heavy atom. The quantitative estimate of drug-likeness (QED) is 0.200. The van der Waals surface area contributed by atoms with E-state index in [0.717, 1.165) is 19.3 Å². The van der Waals surface area contributed by atoms with Crippen LogP contribution in [0.4, 0.5) is 5.69 Å². The largest absolute Gasteiger partial charge is 0.332 e. The number of carbonyl (C=O) groups is 1. The SMILES string of the molecule is CCCCCCCC(=O)NC(=S)Nc1ccc(S(=O)(=O)N2CCN(C(c3ccccc3)c3ccccc3)CC2)cc1. The van der Waals surface area contributed by atoms with Gasteiger partial charge in [-0.3, -0.25) is 9.69 Å². The molecule has 2 N–H and O–H groups in total. The van der Waals surface area contributed by atoms with Gasteiger partial charge in [-0.15, -0.1) is 0 Å². The molecule has 218 valence electrons. The summed E-state index contributed by atoms with van der Waals surface area (Å²) in [4.78, 5) is 14.7. The molecule has 7 nitrogen and oxygen atoms in total. The van der Waals surface area contributed by atoms with Crippen LogP contribution in [0.25, 0.3) is 0 Å². The van der Waals surface area contributed by atoms with Gasteiger partial charge in [0.05, 0.1) is 10.9 Å². The second-order valence-corrected chi connectivity index (χ2v) is 12.7. The summed E-state index contributed by atoms with van der Waals surface area (Å²) >= 11 is 5.27. The van der Waals surface area contributed by atoms with Crippen molar-refractivity contribution in [3.05, 3.63) is 96.1 Å². The Kier molecular flexibility index (Phi) is 11.4. The maximum atomic E-state index is 13.5. The number of rotatable bonds is 12. The molecule has 1 fully saturated rings. The average molecular weight is 593 g/mol. The Balaban J connectivity index is 1.32. The van der Waals surface area contributed by atoms with E-state index in [1.807, 2.05) is 36.4 Å². The molecule has 9 heteroatoms. The van der Waals surface area contributed by atoms with E-state index in [1.54, 1.807) is 28.6 Å². The van der Waals surface area contributed by atoms with Crippen molar-refractivity contribution in [1.29, 1.82) is 0 Å². The van der Waals surface area contributed by atoms with E-state index in [1.165, 1.54) is 24.0 Å². The molecule has 1 aliphatic rings. The molecule has 0 unspecified atom stereocenters. The molecule has 1 heterocycles. The van der Waals surface area contributed by atoms with E-state index < -0.39 is 10.0 Å². The van der Waals surface area contributed by atoms with Crippen molar-refractivity contribution in [3.8, 4) is 0 Å². The third kappa shape index (κ3) is 8.69. The number of benzene rings is 3. The van der Waals surface area contributed by atoms with Gasteiger partial charge in [-0.25, -0.2) is 8.42 Å². The third-order valence-corrected chi connectivity index (χ3v) is 9.50. The molecule has 0 atom stereocenters. The fourth-order valence-corrected chi connectivity index (χ4v) is 6.84. The number of sulfonamides is 1. The number of anilines is 1. The smallest absolute Gasteiger partial charge is 0.243 e. The van der Waals surface area contributed by atoms with Gasteiger partial charge in [-0.2, -0.15) is 4.31 Å². The molecular weight excluding hydrogens is 553 g/mol. The van der Waals surface area contributed by atoms with Crippen LogP contribution < -0.4 is 10.6 Å². The highest BCUT2D eigenvalue weighted by Gasteiger charge is 2.32. The molecule has 3 aromatic rings. The van der Waals surface area contributed by atoms with Gasteiger partial charge in [0.25, 0.3) is 0 Å². The van der Waals surface area contributed by atoms with Crippen molar-refractivity contribution < 1.29 is 13.2 Å². The molecule has 4 rings (SSSR count). The van der Waals surface area contributed by atoms with Crippen LogP contribution in [0, 0.1) is 0 Å². The van der Waals surface area contributed by atoms with Gasteiger partial charge in [0.1, 0.15) is 0 Å². The molecule has 0 saturated carbocycles. The molecule has 0 aliphatic carbocycles. The standard InChI is InChI=1S/C32H40N4O3S2/c1-2-3-4-5-12-17-30(37)34-32(40)33-28-18-20-29(21-19-28)41(38,39)36-24-22-35(23-25-36)31(26-13-8-6-9-14-26)27-15-10-7-11-16-27/h6-11,13-16,18-21,31H,2-5,12,17,22-25H2,1H3,(H2,33,34,37,40). The number of piperazine rings is 1. The van der Waals surface area contributed by atoms with E-state index >= 15 is 0 Å². The highest BCUT2D eigenvalue weighted by molar-refractivity contribution is 7.89. The highest BCUT2D eigenvalue weighted by Crippen LogP contribution is 2.30. The third-order valence-electron chi connectivity index (χ3n) is 7.38. The maximum Gasteiger partial charge on any atom is 0.243 e. The molecule has 3 aromatic carbocycles. The van der Waals surface area contributed by atoms with E-state index in [0.29, 0.717) is 38.3 Å². The second-order valence-electron chi connectivity index (χ2n) is 10.4. The van der Waals surface area contributed by atoms with Gasteiger partial charge in [0, 0.05) is 38.3 Å². The molecule has 0 spiro atoms. The molecule has 41 heavy (non-hydrogen) atoms. The van der Waals surface area contributed by atoms with Crippen LogP contribution in [0.3, 0.4) is 0 Å². The predicted octanol–water partition coefficient (Wildman–Crippen LogP) is 5.96. The van der Waals surface area contributed by atoms with Crippen LogP contribution in [0.2, 0.25) is 0 Å². The first-order chi connectivity index (χ1) is 19.9. The number of nitrogens with zero attached hydrogens (tertiary/aromatic N) is 2. The normalized spacial score (nSPS) is 14.6. The Bertz CT molecular complexity index is 1320. The number of amides is 1. The van der Waals surface area contributed by atoms with Gasteiger partial charge < -0.3 is 10.6 Å². The fraction of sp³-hybridized carbons (Fsp3) is 0.375. The molecule has 0 aromatic heterocycles. The van der Waals surface area contributed by atoms with Crippen molar-refractivity contribution in [1.82, 2.24) is 14.5 Å². The Hall–Kier alpha value is -3.11. The van der Waals surface area contributed by atoms with Crippen LogP contribution in [-0.4, -0.2) is 54.8 Å². The Morgan fingerprint density at radius 1 is 0.805 bits per heavy atom. The summed E-state index contributed by atoms with van der Waals surface area (Å²) in [7, 11) is -3.65. The van der Waals surface area contributed by atoms with E-state index in [-0.39, 0.29) is 22.0 Å². The summed E-state index contributed by atoms with van der Waals surface area (Å²) in [6, 6.07) is 27.3. The molecule has 1 saturated heterocycles. The number of nitrogens with one attached hydrogen (secondary N) is 2. The summed E-state index contributed by atoms with van der Waals surface area (Å²) in [5, 5.41) is 5.89. The summed E-state index contributed by atoms with van der Waals surface area (Å²) in [6.45, 7) is 4.23. The molecule has 1 aliphatic heterocycles. The minimum atomic E-state index is -3.65. The lowest BCUT2D eigenvalue weighted by atomic mass is 9.96. The molecule has 0 bridgehead atoms. The minimum Gasteiger partial charge on any atom is -0.332 e. The van der Waals surface area contributed by atoms with Crippen LogP contribution in [0.1, 0.15) is 62.6 Å². The zero-order valence-electron chi connectivity index (χ0n) is 23.7. The van der Waals surface area contributed by atoms with Crippen molar-refractivity contribution in [2.24, 2.45) is 0 Å². The number of carbonyl (C=O) groups excluding carboxylic acids is 1. The topological polar surface area (TPSA) is 81.8 Å². The van der Waals surface area contributed by atoms with Gasteiger partial charge in [0.2, 0.25) is 15.9 Å². The second kappa shape index (κ2) is 15.2. The Labute approximate surface area is 250 Å². The molecule has 1 amide bonds. The first-order valence-corrected chi connectivity index (χ1v) is 16.3. The van der Waals surface area contributed by atoms with Crippen molar-refractivity contribution in [3.63, 3.8) is 0 Å². The van der Waals surface area contributed by atoms with Crippen molar-refractivity contribution in [2.75, 3.05) is 31.5 Å². The summed E-state index contributed by atoms with van der Waals surface area (Å²) in [5.74, 6) is -0.112. The van der Waals surface area contributed by atoms with Gasteiger partial charge in [0.15, 0.2) is 5.11 Å². The van der Waals surface area contributed by atoms with E-state index in [4.69, 9.17) is 12.2 Å². The number of unbranched alkanes of at least 4 members (excludes halogenated alkanes) is 4.